The van der Waals surface area contributed by atoms with E-state index in [0.717, 1.165) is 39.4 Å². The Kier molecular flexibility index (Phi) is 6.80. The highest BCUT2D eigenvalue weighted by atomic mass is 15.0. The number of rotatable bonds is 5. The number of aromatic nitrogens is 4. The number of benzene rings is 7. The summed E-state index contributed by atoms with van der Waals surface area (Å²) in [7, 11) is 0. The van der Waals surface area contributed by atoms with Crippen molar-refractivity contribution in [1.29, 1.82) is 5.26 Å². The summed E-state index contributed by atoms with van der Waals surface area (Å²) in [6.07, 6.45) is 0. The third-order valence-electron chi connectivity index (χ3n) is 9.99. The smallest absolute Gasteiger partial charge is 0.161 e. The van der Waals surface area contributed by atoms with Gasteiger partial charge < -0.3 is 9.13 Å². The Morgan fingerprint density at radius 1 is 0.442 bits per heavy atom. The van der Waals surface area contributed by atoms with Crippen LogP contribution in [0, 0.1) is 11.3 Å². The van der Waals surface area contributed by atoms with Crippen molar-refractivity contribution in [2.45, 2.75) is 0 Å². The Bertz CT molecular complexity index is 3000. The number of nitrogens with zero attached hydrogens (tertiary/aromatic N) is 5. The van der Waals surface area contributed by atoms with Crippen molar-refractivity contribution < 1.29 is 0 Å². The summed E-state index contributed by atoms with van der Waals surface area (Å²) in [6.45, 7) is 0. The largest absolute Gasteiger partial charge is 0.309 e. The van der Waals surface area contributed by atoms with E-state index in [9.17, 15) is 5.26 Å². The monoisotopic (exact) mass is 663 g/mol. The van der Waals surface area contributed by atoms with E-state index in [-0.39, 0.29) is 0 Å². The van der Waals surface area contributed by atoms with Gasteiger partial charge in [-0.1, -0.05) is 115 Å². The maximum absolute atomic E-state index is 9.90. The molecule has 0 aliphatic heterocycles. The lowest BCUT2D eigenvalue weighted by Crippen LogP contribution is -1.98. The SMILES string of the molecule is N#Cc1ccccc1-c1nc(-c2ccccc2)cc(-c2ccc(-n3c4ccccc4c4ccc5c(c6ccccc6n5-c5ccccc5)c43)cc2)n1. The van der Waals surface area contributed by atoms with E-state index in [4.69, 9.17) is 9.97 Å². The lowest BCUT2D eigenvalue weighted by Gasteiger charge is -2.12. The minimum atomic E-state index is 0.525. The van der Waals surface area contributed by atoms with Crippen molar-refractivity contribution in [3.63, 3.8) is 0 Å². The van der Waals surface area contributed by atoms with Gasteiger partial charge in [0.15, 0.2) is 5.82 Å². The van der Waals surface area contributed by atoms with Gasteiger partial charge in [-0.25, -0.2) is 9.97 Å². The van der Waals surface area contributed by atoms with Crippen molar-refractivity contribution in [2.24, 2.45) is 0 Å². The van der Waals surface area contributed by atoms with Crippen LogP contribution in [0.4, 0.5) is 0 Å². The second kappa shape index (κ2) is 11.9. The quantitative estimate of drug-likeness (QED) is 0.184. The fourth-order valence-corrected chi connectivity index (χ4v) is 7.66. The van der Waals surface area contributed by atoms with E-state index in [1.807, 2.05) is 60.7 Å². The Morgan fingerprint density at radius 3 is 1.75 bits per heavy atom. The van der Waals surface area contributed by atoms with Crippen molar-refractivity contribution >= 4 is 43.6 Å². The van der Waals surface area contributed by atoms with E-state index in [1.54, 1.807) is 0 Å². The average Bonchev–Trinajstić information content (AvgIpc) is 3.74. The summed E-state index contributed by atoms with van der Waals surface area (Å²) < 4.78 is 4.78. The molecule has 7 aromatic carbocycles. The first-order valence-electron chi connectivity index (χ1n) is 17.3. The summed E-state index contributed by atoms with van der Waals surface area (Å²) in [5.41, 5.74) is 11.7. The van der Waals surface area contributed by atoms with E-state index in [2.05, 4.69) is 130 Å². The molecule has 0 fully saturated rings. The van der Waals surface area contributed by atoms with Gasteiger partial charge >= 0.3 is 0 Å². The van der Waals surface area contributed by atoms with Crippen LogP contribution in [0.3, 0.4) is 0 Å². The summed E-state index contributed by atoms with van der Waals surface area (Å²) in [5, 5.41) is 14.8. The predicted molar refractivity (Wildman–Crippen MR) is 212 cm³/mol. The van der Waals surface area contributed by atoms with Gasteiger partial charge in [0.05, 0.1) is 45.1 Å². The lowest BCUT2D eigenvalue weighted by atomic mass is 10.0. The normalized spacial score (nSPS) is 11.4. The summed E-state index contributed by atoms with van der Waals surface area (Å²) >= 11 is 0. The molecule has 3 heterocycles. The van der Waals surface area contributed by atoms with Gasteiger partial charge in [-0.2, -0.15) is 5.26 Å². The topological polar surface area (TPSA) is 59.4 Å². The maximum Gasteiger partial charge on any atom is 0.161 e. The van der Waals surface area contributed by atoms with Gasteiger partial charge in [0.2, 0.25) is 0 Å². The molecule has 0 aliphatic rings. The molecule has 52 heavy (non-hydrogen) atoms. The molecule has 0 atom stereocenters. The number of hydrogen-bond donors (Lipinski definition) is 0. The van der Waals surface area contributed by atoms with Crippen LogP contribution in [0.2, 0.25) is 0 Å². The molecule has 0 saturated heterocycles. The summed E-state index contributed by atoms with van der Waals surface area (Å²) in [4.78, 5) is 9.98. The van der Waals surface area contributed by atoms with Crippen LogP contribution >= 0.6 is 0 Å². The van der Waals surface area contributed by atoms with Crippen LogP contribution in [-0.4, -0.2) is 19.1 Å². The van der Waals surface area contributed by atoms with Gasteiger partial charge in [-0.05, 0) is 60.7 Å². The van der Waals surface area contributed by atoms with Gasteiger partial charge in [0, 0.05) is 49.6 Å². The van der Waals surface area contributed by atoms with E-state index in [0.29, 0.717) is 17.0 Å². The number of hydrogen-bond acceptors (Lipinski definition) is 3. The van der Waals surface area contributed by atoms with Gasteiger partial charge in [-0.3, -0.25) is 0 Å². The molecular formula is C47H29N5. The molecule has 5 nitrogen and oxygen atoms in total. The number of nitriles is 1. The molecule has 0 N–H and O–H groups in total. The molecule has 10 aromatic rings. The average molecular weight is 664 g/mol. The Labute approximate surface area is 299 Å². The fourth-order valence-electron chi connectivity index (χ4n) is 7.66. The second-order valence-electron chi connectivity index (χ2n) is 12.9. The van der Waals surface area contributed by atoms with Crippen molar-refractivity contribution in [3.05, 3.63) is 181 Å². The third kappa shape index (κ3) is 4.63. The Morgan fingerprint density at radius 2 is 1.02 bits per heavy atom. The maximum atomic E-state index is 9.90. The molecule has 5 heteroatoms. The molecule has 0 saturated carbocycles. The van der Waals surface area contributed by atoms with E-state index >= 15 is 0 Å². The summed E-state index contributed by atoms with van der Waals surface area (Å²) in [5.74, 6) is 0.525. The van der Waals surface area contributed by atoms with Gasteiger partial charge in [0.25, 0.3) is 0 Å². The molecule has 0 bridgehead atoms. The fraction of sp³-hybridized carbons (Fsp3) is 0. The van der Waals surface area contributed by atoms with Crippen molar-refractivity contribution in [2.75, 3.05) is 0 Å². The molecule has 0 radical (unpaired) electrons. The first-order chi connectivity index (χ1) is 25.8. The van der Waals surface area contributed by atoms with Crippen molar-refractivity contribution in [3.8, 4) is 51.3 Å². The van der Waals surface area contributed by atoms with Crippen molar-refractivity contribution in [1.82, 2.24) is 19.1 Å². The zero-order valence-corrected chi connectivity index (χ0v) is 28.0. The summed E-state index contributed by atoms with van der Waals surface area (Å²) in [6, 6.07) is 63.1. The Balaban J connectivity index is 1.19. The first kappa shape index (κ1) is 29.6. The molecule has 0 spiro atoms. The van der Waals surface area contributed by atoms with Gasteiger partial charge in [-0.15, -0.1) is 0 Å². The third-order valence-corrected chi connectivity index (χ3v) is 9.99. The molecular weight excluding hydrogens is 635 g/mol. The van der Waals surface area contributed by atoms with E-state index in [1.165, 1.54) is 38.1 Å². The molecule has 0 aliphatic carbocycles. The van der Waals surface area contributed by atoms with Gasteiger partial charge in [0.1, 0.15) is 0 Å². The highest BCUT2D eigenvalue weighted by Crippen LogP contribution is 2.42. The Hall–Kier alpha value is -7.29. The molecule has 0 amide bonds. The highest BCUT2D eigenvalue weighted by molar-refractivity contribution is 6.26. The number of fused-ring (bicyclic) bond motifs is 7. The second-order valence-corrected chi connectivity index (χ2v) is 12.9. The molecule has 3 aromatic heterocycles. The first-order valence-corrected chi connectivity index (χ1v) is 17.3. The lowest BCUT2D eigenvalue weighted by molar-refractivity contribution is 1.17. The predicted octanol–water partition coefficient (Wildman–Crippen LogP) is 11.5. The van der Waals surface area contributed by atoms with Crippen LogP contribution in [0.25, 0.3) is 88.9 Å². The zero-order chi connectivity index (χ0) is 34.6. The van der Waals surface area contributed by atoms with E-state index < -0.39 is 0 Å². The molecule has 242 valence electrons. The van der Waals surface area contributed by atoms with Crippen LogP contribution in [0.1, 0.15) is 5.56 Å². The standard InChI is InChI=1S/C47H29N5/c48-30-33-15-7-8-18-36(33)47-49-40(31-13-3-1-4-14-31)29-41(50-47)32-23-25-35(26-24-32)52-42-21-11-9-19-37(42)38-27-28-44-45(46(38)52)39-20-10-12-22-43(39)51(44)34-16-5-2-6-17-34/h1-29H. The number of para-hydroxylation sites is 3. The zero-order valence-electron chi connectivity index (χ0n) is 28.0. The van der Waals surface area contributed by atoms with Crippen LogP contribution < -0.4 is 0 Å². The molecule has 0 unspecified atom stereocenters. The van der Waals surface area contributed by atoms with Crippen LogP contribution in [0.5, 0.6) is 0 Å². The minimum absolute atomic E-state index is 0.525. The highest BCUT2D eigenvalue weighted by Gasteiger charge is 2.21. The van der Waals surface area contributed by atoms with Crippen LogP contribution in [-0.2, 0) is 0 Å². The molecule has 10 rings (SSSR count). The van der Waals surface area contributed by atoms with Crippen LogP contribution in [0.15, 0.2) is 176 Å². The minimum Gasteiger partial charge on any atom is -0.309 e.